The van der Waals surface area contributed by atoms with Crippen LogP contribution in [-0.4, -0.2) is 45.1 Å². The maximum absolute atomic E-state index is 12.7. The van der Waals surface area contributed by atoms with E-state index in [0.717, 1.165) is 49.0 Å². The number of imide groups is 1. The van der Waals surface area contributed by atoms with Crippen LogP contribution in [0.25, 0.3) is 17.3 Å². The lowest BCUT2D eigenvalue weighted by Gasteiger charge is -2.29. The highest BCUT2D eigenvalue weighted by molar-refractivity contribution is 8.18. The van der Waals surface area contributed by atoms with Crippen molar-refractivity contribution in [3.05, 3.63) is 53.3 Å². The van der Waals surface area contributed by atoms with Gasteiger partial charge in [-0.15, -0.1) is 12.4 Å². The number of carbonyl (C=O) groups excluding carboxylic acids is 2. The minimum Gasteiger partial charge on any atom is -0.317 e. The lowest BCUT2D eigenvalue weighted by molar-refractivity contribution is -0.124. The van der Waals surface area contributed by atoms with Gasteiger partial charge in [-0.25, -0.2) is 4.98 Å². The molecule has 2 aliphatic heterocycles. The number of hydrogen-bond acceptors (Lipinski definition) is 6. The zero-order valence-electron chi connectivity index (χ0n) is 14.5. The van der Waals surface area contributed by atoms with Crippen molar-refractivity contribution in [2.45, 2.75) is 18.9 Å². The van der Waals surface area contributed by atoms with Crippen LogP contribution in [0.4, 0.5) is 4.79 Å². The zero-order valence-corrected chi connectivity index (χ0v) is 16.1. The fourth-order valence-corrected chi connectivity index (χ4v) is 4.08. The highest BCUT2D eigenvalue weighted by Crippen LogP contribution is 2.35. The number of piperidine rings is 1. The van der Waals surface area contributed by atoms with Gasteiger partial charge in [0.15, 0.2) is 0 Å². The minimum atomic E-state index is -0.208. The molecular formula is C19H19ClN4O2S. The van der Waals surface area contributed by atoms with Crippen molar-refractivity contribution in [3.8, 4) is 11.3 Å². The van der Waals surface area contributed by atoms with E-state index in [1.165, 1.54) is 4.90 Å². The monoisotopic (exact) mass is 402 g/mol. The molecule has 2 saturated heterocycles. The Bertz CT molecular complexity index is 869. The number of nitrogens with zero attached hydrogens (tertiary/aromatic N) is 3. The molecule has 4 heterocycles. The number of nitrogens with one attached hydrogen (secondary N) is 1. The van der Waals surface area contributed by atoms with Crippen LogP contribution in [0, 0.1) is 0 Å². The minimum absolute atomic E-state index is 0. The molecule has 0 bridgehead atoms. The Hall–Kier alpha value is -2.22. The number of rotatable bonds is 3. The van der Waals surface area contributed by atoms with Gasteiger partial charge in [-0.05, 0) is 68.0 Å². The molecule has 2 aliphatic rings. The second kappa shape index (κ2) is 8.65. The summed E-state index contributed by atoms with van der Waals surface area (Å²) in [5, 5.41) is 3.07. The van der Waals surface area contributed by atoms with E-state index in [9.17, 15) is 9.59 Å². The van der Waals surface area contributed by atoms with Crippen molar-refractivity contribution in [2.75, 3.05) is 13.1 Å². The quantitative estimate of drug-likeness (QED) is 0.793. The summed E-state index contributed by atoms with van der Waals surface area (Å²) in [6.45, 7) is 1.67. The standard InChI is InChI=1S/C19H18N4O2S.ClH/c24-18-17(26-19(25)23(18)15-6-9-20-10-7-15)11-14-4-1-5-16(22-14)13-3-2-8-21-12-13;/h1-5,8,11-12,15,20H,6-7,9-10H2;1H/b17-11-;. The highest BCUT2D eigenvalue weighted by atomic mass is 35.5. The summed E-state index contributed by atoms with van der Waals surface area (Å²) in [6, 6.07) is 9.40. The molecule has 0 radical (unpaired) electrons. The number of carbonyl (C=O) groups is 2. The third kappa shape index (κ3) is 4.21. The molecule has 2 aromatic heterocycles. The molecule has 2 aromatic rings. The summed E-state index contributed by atoms with van der Waals surface area (Å²) in [5.74, 6) is -0.208. The Morgan fingerprint density at radius 2 is 1.96 bits per heavy atom. The summed E-state index contributed by atoms with van der Waals surface area (Å²) in [4.78, 5) is 35.6. The van der Waals surface area contributed by atoms with Gasteiger partial charge in [0.25, 0.3) is 11.1 Å². The van der Waals surface area contributed by atoms with Crippen LogP contribution < -0.4 is 5.32 Å². The molecule has 2 amide bonds. The van der Waals surface area contributed by atoms with E-state index in [4.69, 9.17) is 0 Å². The van der Waals surface area contributed by atoms with Gasteiger partial charge in [0.2, 0.25) is 0 Å². The van der Waals surface area contributed by atoms with Gasteiger partial charge >= 0.3 is 0 Å². The Kier molecular flexibility index (Phi) is 6.26. The Morgan fingerprint density at radius 1 is 1.15 bits per heavy atom. The first-order chi connectivity index (χ1) is 12.7. The molecule has 0 spiro atoms. The normalized spacial score (nSPS) is 19.4. The fraction of sp³-hybridized carbons (Fsp3) is 0.263. The van der Waals surface area contributed by atoms with E-state index in [2.05, 4.69) is 15.3 Å². The zero-order chi connectivity index (χ0) is 17.9. The Balaban J connectivity index is 0.00000210. The number of halogens is 1. The number of aromatic nitrogens is 2. The van der Waals surface area contributed by atoms with E-state index in [1.54, 1.807) is 18.5 Å². The molecule has 0 saturated carbocycles. The van der Waals surface area contributed by atoms with Crippen molar-refractivity contribution in [3.63, 3.8) is 0 Å². The van der Waals surface area contributed by atoms with Crippen LogP contribution in [0.3, 0.4) is 0 Å². The van der Waals surface area contributed by atoms with Gasteiger partial charge in [0.05, 0.1) is 16.3 Å². The average Bonchev–Trinajstić information content (AvgIpc) is 2.96. The average molecular weight is 403 g/mol. The predicted molar refractivity (Wildman–Crippen MR) is 108 cm³/mol. The molecule has 0 aliphatic carbocycles. The summed E-state index contributed by atoms with van der Waals surface area (Å²) in [5.41, 5.74) is 2.34. The topological polar surface area (TPSA) is 75.2 Å². The Labute approximate surface area is 167 Å². The summed E-state index contributed by atoms with van der Waals surface area (Å²) in [6.07, 6.45) is 6.77. The molecule has 4 rings (SSSR count). The third-order valence-electron chi connectivity index (χ3n) is 4.50. The van der Waals surface area contributed by atoms with Crippen LogP contribution in [0.1, 0.15) is 18.5 Å². The van der Waals surface area contributed by atoms with Crippen molar-refractivity contribution in [1.82, 2.24) is 20.2 Å². The maximum Gasteiger partial charge on any atom is 0.293 e. The van der Waals surface area contributed by atoms with Crippen molar-refractivity contribution in [1.29, 1.82) is 0 Å². The van der Waals surface area contributed by atoms with Gasteiger partial charge in [-0.1, -0.05) is 6.07 Å². The second-order valence-electron chi connectivity index (χ2n) is 6.22. The summed E-state index contributed by atoms with van der Waals surface area (Å²) >= 11 is 0.998. The van der Waals surface area contributed by atoms with Crippen LogP contribution in [0.2, 0.25) is 0 Å². The van der Waals surface area contributed by atoms with Crippen LogP contribution in [-0.2, 0) is 4.79 Å². The molecule has 8 heteroatoms. The van der Waals surface area contributed by atoms with Gasteiger partial charge in [-0.3, -0.25) is 19.5 Å². The number of hydrogen-bond donors (Lipinski definition) is 1. The van der Waals surface area contributed by atoms with E-state index in [1.807, 2.05) is 30.3 Å². The second-order valence-corrected chi connectivity index (χ2v) is 7.22. The Morgan fingerprint density at radius 3 is 2.70 bits per heavy atom. The van der Waals surface area contributed by atoms with E-state index >= 15 is 0 Å². The fourth-order valence-electron chi connectivity index (χ4n) is 3.20. The molecule has 6 nitrogen and oxygen atoms in total. The molecular weight excluding hydrogens is 384 g/mol. The first-order valence-electron chi connectivity index (χ1n) is 8.57. The third-order valence-corrected chi connectivity index (χ3v) is 5.39. The number of amides is 2. The van der Waals surface area contributed by atoms with Gasteiger partial charge in [0, 0.05) is 24.0 Å². The van der Waals surface area contributed by atoms with Crippen molar-refractivity contribution < 1.29 is 9.59 Å². The molecule has 140 valence electrons. The lowest BCUT2D eigenvalue weighted by atomic mass is 10.1. The predicted octanol–water partition coefficient (Wildman–Crippen LogP) is 3.35. The number of thioether (sulfide) groups is 1. The number of pyridine rings is 2. The van der Waals surface area contributed by atoms with E-state index < -0.39 is 0 Å². The molecule has 2 fully saturated rings. The molecule has 0 aromatic carbocycles. The van der Waals surface area contributed by atoms with Gasteiger partial charge in [-0.2, -0.15) is 0 Å². The molecule has 27 heavy (non-hydrogen) atoms. The lowest BCUT2D eigenvalue weighted by Crippen LogP contribution is -2.45. The molecule has 0 atom stereocenters. The van der Waals surface area contributed by atoms with Crippen molar-refractivity contribution in [2.24, 2.45) is 0 Å². The maximum atomic E-state index is 12.7. The van der Waals surface area contributed by atoms with Crippen molar-refractivity contribution >= 4 is 41.4 Å². The smallest absolute Gasteiger partial charge is 0.293 e. The molecule has 0 unspecified atom stereocenters. The first-order valence-corrected chi connectivity index (χ1v) is 9.39. The largest absolute Gasteiger partial charge is 0.317 e. The molecule has 1 N–H and O–H groups in total. The summed E-state index contributed by atoms with van der Waals surface area (Å²) < 4.78 is 0. The summed E-state index contributed by atoms with van der Waals surface area (Å²) in [7, 11) is 0. The first kappa shape index (κ1) is 19.5. The van der Waals surface area contributed by atoms with E-state index in [0.29, 0.717) is 10.6 Å². The van der Waals surface area contributed by atoms with Gasteiger partial charge in [0.1, 0.15) is 0 Å². The van der Waals surface area contributed by atoms with Crippen LogP contribution in [0.15, 0.2) is 47.6 Å². The van der Waals surface area contributed by atoms with Crippen LogP contribution >= 0.6 is 24.2 Å². The van der Waals surface area contributed by atoms with E-state index in [-0.39, 0.29) is 29.6 Å². The van der Waals surface area contributed by atoms with Gasteiger partial charge < -0.3 is 5.32 Å². The van der Waals surface area contributed by atoms with Crippen LogP contribution in [0.5, 0.6) is 0 Å². The SMILES string of the molecule is Cl.O=C1S/C(=C\c2cccc(-c3cccnc3)n2)C(=O)N1C1CCNCC1. The highest BCUT2D eigenvalue weighted by Gasteiger charge is 2.40.